The van der Waals surface area contributed by atoms with E-state index in [1.165, 1.54) is 0 Å². The van der Waals surface area contributed by atoms with Crippen LogP contribution in [0, 0.1) is 19.8 Å². The van der Waals surface area contributed by atoms with Crippen molar-refractivity contribution in [3.8, 4) is 17.0 Å². The van der Waals surface area contributed by atoms with E-state index in [1.807, 2.05) is 38.3 Å². The van der Waals surface area contributed by atoms with Crippen molar-refractivity contribution in [2.75, 3.05) is 24.6 Å². The maximum absolute atomic E-state index is 12.0. The molecule has 0 atom stereocenters. The number of anilines is 1. The summed E-state index contributed by atoms with van der Waals surface area (Å²) in [5.41, 5.74) is 4.97. The number of aryl methyl sites for hydroxylation is 2. The van der Waals surface area contributed by atoms with Crippen molar-refractivity contribution >= 4 is 28.4 Å². The molecule has 0 unspecified atom stereocenters. The highest BCUT2D eigenvalue weighted by Gasteiger charge is 2.27. The van der Waals surface area contributed by atoms with Crippen LogP contribution in [0.5, 0.6) is 5.75 Å². The second kappa shape index (κ2) is 10.9. The summed E-state index contributed by atoms with van der Waals surface area (Å²) in [7, 11) is 0. The van der Waals surface area contributed by atoms with Crippen molar-refractivity contribution in [3.63, 3.8) is 0 Å². The molecule has 0 bridgehead atoms. The van der Waals surface area contributed by atoms with Crippen LogP contribution in [-0.2, 0) is 16.1 Å². The summed E-state index contributed by atoms with van der Waals surface area (Å²) in [6.45, 7) is 8.07. The first kappa shape index (κ1) is 24.7. The molecular formula is C27H30N2O5S. The number of carboxylic acids is 1. The molecule has 8 heteroatoms. The summed E-state index contributed by atoms with van der Waals surface area (Å²) in [6, 6.07) is 11.1. The highest BCUT2D eigenvalue weighted by molar-refractivity contribution is 7.14. The zero-order valence-electron chi connectivity index (χ0n) is 20.2. The molecule has 2 heterocycles. The number of rotatable bonds is 8. The van der Waals surface area contributed by atoms with Crippen LogP contribution in [0.2, 0.25) is 0 Å². The zero-order valence-corrected chi connectivity index (χ0v) is 21.1. The number of carbonyl (C=O) groups excluding carboxylic acids is 1. The van der Waals surface area contributed by atoms with Gasteiger partial charge in [0, 0.05) is 24.0 Å². The van der Waals surface area contributed by atoms with E-state index in [4.69, 9.17) is 14.5 Å². The third-order valence-corrected chi connectivity index (χ3v) is 7.16. The lowest BCUT2D eigenvalue weighted by Gasteiger charge is -2.30. The number of carboxylic acid groups (broad SMARTS) is 1. The Kier molecular flexibility index (Phi) is 7.70. The number of esters is 1. The summed E-state index contributed by atoms with van der Waals surface area (Å²) < 4.78 is 11.4. The molecule has 1 fully saturated rings. The van der Waals surface area contributed by atoms with Gasteiger partial charge in [0.1, 0.15) is 12.4 Å². The van der Waals surface area contributed by atoms with Gasteiger partial charge in [0.25, 0.3) is 0 Å². The van der Waals surface area contributed by atoms with Gasteiger partial charge in [0.05, 0.1) is 23.8 Å². The fourth-order valence-electron chi connectivity index (χ4n) is 4.22. The number of hydrogen-bond donors (Lipinski definition) is 1. The number of hydrogen-bond acceptors (Lipinski definition) is 7. The summed E-state index contributed by atoms with van der Waals surface area (Å²) in [6.07, 6.45) is 1.54. The number of ether oxygens (including phenoxy) is 2. The van der Waals surface area contributed by atoms with E-state index in [0.29, 0.717) is 13.2 Å². The average molecular weight is 495 g/mol. The summed E-state index contributed by atoms with van der Waals surface area (Å²) in [4.78, 5) is 30.4. The Bertz CT molecular complexity index is 1210. The maximum atomic E-state index is 12.0. The van der Waals surface area contributed by atoms with Gasteiger partial charge in [-0.15, -0.1) is 11.3 Å². The molecule has 1 aliphatic heterocycles. The van der Waals surface area contributed by atoms with Gasteiger partial charge in [-0.2, -0.15) is 0 Å². The largest absolute Gasteiger partial charge is 0.488 e. The molecule has 0 spiro atoms. The van der Waals surface area contributed by atoms with Crippen LogP contribution in [0.25, 0.3) is 11.3 Å². The number of nitrogens with zero attached hydrogens (tertiary/aromatic N) is 2. The molecule has 7 nitrogen and oxygen atoms in total. The molecule has 35 heavy (non-hydrogen) atoms. The standard InChI is InChI=1S/C27H30N2O5S/c1-4-33-26(32)19-9-11-29(12-10-19)27-28-23(16-35-27)22-13-17(2)5-8-24(22)34-15-21-7-6-20(25(30)31)14-18(21)3/h5-8,13-14,16,19H,4,9-12,15H2,1-3H3,(H,30,31). The molecule has 0 aliphatic carbocycles. The van der Waals surface area contributed by atoms with Gasteiger partial charge in [0.2, 0.25) is 0 Å². The minimum Gasteiger partial charge on any atom is -0.488 e. The minimum atomic E-state index is -0.939. The Morgan fingerprint density at radius 2 is 1.91 bits per heavy atom. The van der Waals surface area contributed by atoms with Crippen LogP contribution in [-0.4, -0.2) is 41.7 Å². The fourth-order valence-corrected chi connectivity index (χ4v) is 5.10. The molecule has 4 rings (SSSR count). The molecular weight excluding hydrogens is 464 g/mol. The van der Waals surface area contributed by atoms with Crippen molar-refractivity contribution in [1.82, 2.24) is 4.98 Å². The minimum absolute atomic E-state index is 0.0320. The van der Waals surface area contributed by atoms with Crippen molar-refractivity contribution in [2.24, 2.45) is 5.92 Å². The number of thiazole rings is 1. The molecule has 0 saturated carbocycles. The Balaban J connectivity index is 1.47. The van der Waals surface area contributed by atoms with Crippen LogP contribution >= 0.6 is 11.3 Å². The highest BCUT2D eigenvalue weighted by atomic mass is 32.1. The molecule has 1 N–H and O–H groups in total. The fraction of sp³-hybridized carbons (Fsp3) is 0.370. The van der Waals surface area contributed by atoms with Crippen molar-refractivity contribution in [3.05, 3.63) is 64.0 Å². The number of carbonyl (C=O) groups is 2. The Morgan fingerprint density at radius 1 is 1.14 bits per heavy atom. The quantitative estimate of drug-likeness (QED) is 0.415. The number of aromatic nitrogens is 1. The van der Waals surface area contributed by atoms with Gasteiger partial charge in [-0.05, 0) is 69.0 Å². The van der Waals surface area contributed by atoms with Gasteiger partial charge in [-0.3, -0.25) is 4.79 Å². The smallest absolute Gasteiger partial charge is 0.335 e. The second-order valence-corrected chi connectivity index (χ2v) is 9.60. The predicted octanol–water partition coefficient (Wildman–Crippen LogP) is 5.48. The van der Waals surface area contributed by atoms with Crippen molar-refractivity contribution < 1.29 is 24.2 Å². The van der Waals surface area contributed by atoms with E-state index >= 15 is 0 Å². The molecule has 2 aromatic carbocycles. The first-order valence-corrected chi connectivity index (χ1v) is 12.7. The number of aromatic carboxylic acids is 1. The summed E-state index contributed by atoms with van der Waals surface area (Å²) in [5, 5.41) is 12.2. The highest BCUT2D eigenvalue weighted by Crippen LogP contribution is 2.36. The SMILES string of the molecule is CCOC(=O)C1CCN(c2nc(-c3cc(C)ccc3OCc3ccc(C(=O)O)cc3C)cs2)CC1. The van der Waals surface area contributed by atoms with Crippen LogP contribution in [0.15, 0.2) is 41.8 Å². The van der Waals surface area contributed by atoms with Crippen LogP contribution in [0.4, 0.5) is 5.13 Å². The lowest BCUT2D eigenvalue weighted by atomic mass is 9.97. The van der Waals surface area contributed by atoms with Crippen LogP contribution < -0.4 is 9.64 Å². The number of benzene rings is 2. The van der Waals surface area contributed by atoms with Crippen molar-refractivity contribution in [1.29, 1.82) is 0 Å². The van der Waals surface area contributed by atoms with E-state index in [2.05, 4.69) is 11.0 Å². The van der Waals surface area contributed by atoms with E-state index in [0.717, 1.165) is 64.8 Å². The topological polar surface area (TPSA) is 89.0 Å². The van der Waals surface area contributed by atoms with E-state index < -0.39 is 5.97 Å². The lowest BCUT2D eigenvalue weighted by Crippen LogP contribution is -2.36. The second-order valence-electron chi connectivity index (χ2n) is 8.76. The molecule has 1 aromatic heterocycles. The van der Waals surface area contributed by atoms with Gasteiger partial charge in [-0.1, -0.05) is 17.7 Å². The molecule has 0 radical (unpaired) electrons. The lowest BCUT2D eigenvalue weighted by molar-refractivity contribution is -0.148. The van der Waals surface area contributed by atoms with Gasteiger partial charge in [-0.25, -0.2) is 9.78 Å². The van der Waals surface area contributed by atoms with Crippen LogP contribution in [0.3, 0.4) is 0 Å². The van der Waals surface area contributed by atoms with E-state index in [1.54, 1.807) is 29.5 Å². The Morgan fingerprint density at radius 3 is 2.60 bits per heavy atom. The molecule has 3 aromatic rings. The van der Waals surface area contributed by atoms with E-state index in [9.17, 15) is 14.7 Å². The van der Waals surface area contributed by atoms with Crippen molar-refractivity contribution in [2.45, 2.75) is 40.2 Å². The Labute approximate surface area is 209 Å². The van der Waals surface area contributed by atoms with E-state index in [-0.39, 0.29) is 17.5 Å². The predicted molar refractivity (Wildman–Crippen MR) is 136 cm³/mol. The first-order valence-electron chi connectivity index (χ1n) is 11.8. The third-order valence-electron chi connectivity index (χ3n) is 6.26. The van der Waals surface area contributed by atoms with Gasteiger partial charge in [0.15, 0.2) is 5.13 Å². The summed E-state index contributed by atoms with van der Waals surface area (Å²) in [5.74, 6) is -0.335. The van der Waals surface area contributed by atoms with Gasteiger partial charge < -0.3 is 19.5 Å². The monoisotopic (exact) mass is 494 g/mol. The number of piperidine rings is 1. The zero-order chi connectivity index (χ0) is 24.9. The van der Waals surface area contributed by atoms with Gasteiger partial charge >= 0.3 is 11.9 Å². The molecule has 184 valence electrons. The first-order chi connectivity index (χ1) is 16.9. The Hall–Kier alpha value is -3.39. The molecule has 0 amide bonds. The van der Waals surface area contributed by atoms with Crippen LogP contribution in [0.1, 0.15) is 46.8 Å². The maximum Gasteiger partial charge on any atom is 0.335 e. The molecule has 1 aliphatic rings. The average Bonchev–Trinajstić information content (AvgIpc) is 3.34. The molecule has 1 saturated heterocycles. The normalized spacial score (nSPS) is 14.1. The summed E-state index contributed by atoms with van der Waals surface area (Å²) >= 11 is 1.59. The third kappa shape index (κ3) is 5.82.